The molecule has 12 aromatic rings. The maximum Gasteiger partial charge on any atom is 2.00 e. The van der Waals surface area contributed by atoms with Gasteiger partial charge in [0, 0.05) is 28.4 Å². The first-order chi connectivity index (χ1) is 38.8. The van der Waals surface area contributed by atoms with Crippen molar-refractivity contribution in [3.8, 4) is 79.0 Å². The van der Waals surface area contributed by atoms with Gasteiger partial charge in [-0.25, -0.2) is 8.78 Å². The summed E-state index contributed by atoms with van der Waals surface area (Å²) < 4.78 is 41.0. The normalized spacial score (nSPS) is 11.8. The summed E-state index contributed by atoms with van der Waals surface area (Å²) in [4.78, 5) is 10.7. The van der Waals surface area contributed by atoms with E-state index in [1.54, 1.807) is 12.1 Å². The molecule has 81 heavy (non-hydrogen) atoms. The van der Waals surface area contributed by atoms with Crippen LogP contribution in [0.5, 0.6) is 11.5 Å². The second-order valence-electron chi connectivity index (χ2n) is 22.1. The minimum absolute atomic E-state index is 0. The molecule has 10 aromatic carbocycles. The summed E-state index contributed by atoms with van der Waals surface area (Å²) in [6.45, 7) is 17.8. The van der Waals surface area contributed by atoms with Gasteiger partial charge in [0.2, 0.25) is 0 Å². The molecule has 0 saturated carbocycles. The Labute approximate surface area is 488 Å². The van der Waals surface area contributed by atoms with Crippen LogP contribution >= 0.6 is 0 Å². The van der Waals surface area contributed by atoms with Crippen molar-refractivity contribution in [3.05, 3.63) is 240 Å². The first-order valence-corrected chi connectivity index (χ1v) is 27.8. The van der Waals surface area contributed by atoms with Crippen molar-refractivity contribution in [3.63, 3.8) is 0 Å². The van der Waals surface area contributed by atoms with Gasteiger partial charge in [0.25, 0.3) is 6.43 Å². The van der Waals surface area contributed by atoms with Crippen LogP contribution in [-0.2, 0) is 21.1 Å². The molecule has 0 unspecified atom stereocenters. The molecule has 0 spiro atoms. The summed E-state index contributed by atoms with van der Waals surface area (Å²) in [5.74, 6) is 2.76. The van der Waals surface area contributed by atoms with Crippen LogP contribution in [0.3, 0.4) is 0 Å². The second-order valence-corrected chi connectivity index (χ2v) is 22.1. The van der Waals surface area contributed by atoms with E-state index in [1.165, 1.54) is 28.3 Å². The topological polar surface area (TPSA) is 44.9 Å². The van der Waals surface area contributed by atoms with Gasteiger partial charge in [-0.2, -0.15) is 0 Å². The molecule has 0 saturated heterocycles. The quantitative estimate of drug-likeness (QED) is 0.102. The smallest absolute Gasteiger partial charge is 0.497 e. The Morgan fingerprint density at radius 1 is 0.407 bits per heavy atom. The number of halogens is 2. The Balaban J connectivity index is 0.00000690. The standard InChI is InChI=1S/C73H62F2N4O.Pt/c1-44(2)60-38-55(49-22-13-10-14-23-49)39-61(45(3)4)69(60)78-67-29-18-17-28-65(67)76-72(78)54-25-19-26-57(37-54)80-58-36-52-24-15-16-27-59(52)64(43-58)73-77-66-35-34-53(71(74)75)42-68(66)79(73)70-62(46(5)6)40-56(41-63(70)47(7)8)51-32-30-50(31-33-51)48-20-11-9-12-21-48;/h9-36,38-42,44-47,71H,1-8H3;/q-2;+2. The van der Waals surface area contributed by atoms with Crippen LogP contribution in [0.15, 0.2) is 200 Å². The van der Waals surface area contributed by atoms with E-state index in [2.05, 4.69) is 210 Å². The number of ether oxygens (including phenoxy) is 1. The predicted molar refractivity (Wildman–Crippen MR) is 326 cm³/mol. The fraction of sp³-hybridized carbons (Fsp3) is 0.178. The van der Waals surface area contributed by atoms with Crippen LogP contribution in [0.2, 0.25) is 0 Å². The molecule has 0 aliphatic heterocycles. The summed E-state index contributed by atoms with van der Waals surface area (Å²) in [5, 5.41) is 1.80. The number of rotatable bonds is 14. The minimum Gasteiger partial charge on any atom is -0.497 e. The van der Waals surface area contributed by atoms with Crippen molar-refractivity contribution < 1.29 is 34.6 Å². The van der Waals surface area contributed by atoms with E-state index in [-0.39, 0.29) is 50.3 Å². The van der Waals surface area contributed by atoms with E-state index in [4.69, 9.17) is 14.7 Å². The monoisotopic (exact) mass is 1240 g/mol. The molecule has 404 valence electrons. The van der Waals surface area contributed by atoms with Gasteiger partial charge >= 0.3 is 21.1 Å². The Bertz CT molecular complexity index is 4200. The van der Waals surface area contributed by atoms with Crippen LogP contribution in [-0.4, -0.2) is 19.1 Å². The molecule has 0 aliphatic rings. The molecule has 12 rings (SSSR count). The van der Waals surface area contributed by atoms with Crippen LogP contribution in [0.1, 0.15) is 113 Å². The van der Waals surface area contributed by atoms with Crippen molar-refractivity contribution in [2.75, 3.05) is 0 Å². The average molecular weight is 1240 g/mol. The molecule has 0 radical (unpaired) electrons. The maximum absolute atomic E-state index is 14.8. The van der Waals surface area contributed by atoms with Crippen molar-refractivity contribution >= 4 is 32.8 Å². The molecule has 8 heteroatoms. The Morgan fingerprint density at radius 3 is 1.47 bits per heavy atom. The minimum atomic E-state index is -2.68. The summed E-state index contributed by atoms with van der Waals surface area (Å²) in [6, 6.07) is 75.5. The van der Waals surface area contributed by atoms with Crippen molar-refractivity contribution in [1.82, 2.24) is 19.1 Å². The largest absolute Gasteiger partial charge is 2.00 e. The summed E-state index contributed by atoms with van der Waals surface area (Å²) in [7, 11) is 0. The van der Waals surface area contributed by atoms with Crippen LogP contribution < -0.4 is 4.74 Å². The number of fused-ring (bicyclic) bond motifs is 3. The van der Waals surface area contributed by atoms with E-state index in [0.717, 1.165) is 77.9 Å². The Hall–Kier alpha value is -8.25. The molecular weight excluding hydrogens is 1180 g/mol. The number of hydrogen-bond acceptors (Lipinski definition) is 3. The van der Waals surface area contributed by atoms with Gasteiger partial charge in [-0.3, -0.25) is 9.97 Å². The average Bonchev–Trinajstić information content (AvgIpc) is 4.25. The summed E-state index contributed by atoms with van der Waals surface area (Å²) in [5.41, 5.74) is 17.9. The molecule has 2 heterocycles. The molecule has 2 aromatic heterocycles. The molecule has 0 fully saturated rings. The van der Waals surface area contributed by atoms with E-state index in [1.807, 2.05) is 48.5 Å². The predicted octanol–water partition coefficient (Wildman–Crippen LogP) is 20.7. The third-order valence-electron chi connectivity index (χ3n) is 15.4. The van der Waals surface area contributed by atoms with Crippen LogP contribution in [0, 0.1) is 12.1 Å². The van der Waals surface area contributed by atoms with Crippen LogP contribution in [0.25, 0.3) is 100 Å². The molecule has 5 nitrogen and oxygen atoms in total. The van der Waals surface area contributed by atoms with Crippen molar-refractivity contribution in [2.24, 2.45) is 0 Å². The first-order valence-electron chi connectivity index (χ1n) is 27.8. The zero-order valence-electron chi connectivity index (χ0n) is 46.7. The molecular formula is C73H62F2N4OPt. The number of hydrogen-bond donors (Lipinski definition) is 0. The maximum atomic E-state index is 14.8. The van der Waals surface area contributed by atoms with Crippen molar-refractivity contribution in [2.45, 2.75) is 85.5 Å². The number of alkyl halides is 2. The van der Waals surface area contributed by atoms with Gasteiger partial charge in [0.15, 0.2) is 0 Å². The first kappa shape index (κ1) is 54.7. The van der Waals surface area contributed by atoms with E-state index in [9.17, 15) is 8.78 Å². The van der Waals surface area contributed by atoms with Gasteiger partial charge in [0.1, 0.15) is 0 Å². The Kier molecular flexibility index (Phi) is 15.3. The number of nitrogens with zero attached hydrogens (tertiary/aromatic N) is 4. The van der Waals surface area contributed by atoms with Gasteiger partial charge in [-0.05, 0) is 128 Å². The fourth-order valence-corrected chi connectivity index (χ4v) is 11.3. The van der Waals surface area contributed by atoms with Gasteiger partial charge in [-0.1, -0.05) is 217 Å². The molecule has 0 bridgehead atoms. The molecule has 0 N–H and O–H groups in total. The third-order valence-corrected chi connectivity index (χ3v) is 15.4. The number of benzene rings is 10. The Morgan fingerprint density at radius 2 is 0.889 bits per heavy atom. The third kappa shape index (κ3) is 10.5. The number of para-hydroxylation sites is 2. The summed E-state index contributed by atoms with van der Waals surface area (Å²) in [6.07, 6.45) is -2.68. The SMILES string of the molecule is CC(C)c1cc(-c2ccccc2)cc(C(C)C)c1-n1c(-c2[c-]c(Oc3[c-]c(-c4nc5ccc(C(F)F)cc5n4-c4c(C(C)C)cc(-c5ccc(-c6ccccc6)cc5)cc4C(C)C)c4ccccc4c3)ccc2)nc2ccccc21.[Pt+2]. The van der Waals surface area contributed by atoms with Gasteiger partial charge < -0.3 is 13.9 Å². The molecule has 0 amide bonds. The van der Waals surface area contributed by atoms with Crippen LogP contribution in [0.4, 0.5) is 8.78 Å². The van der Waals surface area contributed by atoms with Gasteiger partial charge in [0.05, 0.1) is 33.7 Å². The number of imidazole rings is 2. The van der Waals surface area contributed by atoms with E-state index < -0.39 is 6.43 Å². The zero-order valence-corrected chi connectivity index (χ0v) is 49.0. The van der Waals surface area contributed by atoms with E-state index >= 15 is 0 Å². The van der Waals surface area contributed by atoms with Gasteiger partial charge in [-0.15, -0.1) is 23.8 Å². The summed E-state index contributed by atoms with van der Waals surface area (Å²) >= 11 is 0. The van der Waals surface area contributed by atoms with E-state index in [0.29, 0.717) is 33.9 Å². The molecule has 0 aliphatic carbocycles. The number of aromatic nitrogens is 4. The fourth-order valence-electron chi connectivity index (χ4n) is 11.3. The zero-order chi connectivity index (χ0) is 55.3. The van der Waals surface area contributed by atoms with Crippen molar-refractivity contribution in [1.29, 1.82) is 0 Å². The second kappa shape index (κ2) is 22.7. The molecule has 0 atom stereocenters.